The third-order valence-corrected chi connectivity index (χ3v) is 4.43. The molecule has 0 saturated carbocycles. The summed E-state index contributed by atoms with van der Waals surface area (Å²) in [6.07, 6.45) is 5.13. The molecule has 22 heavy (non-hydrogen) atoms. The van der Waals surface area contributed by atoms with Crippen LogP contribution in [0.1, 0.15) is 61.0 Å². The number of ketones is 1. The number of aliphatic carboxylic acids is 1. The monoisotopic (exact) mass is 303 g/mol. The van der Waals surface area contributed by atoms with Crippen LogP contribution in [0.15, 0.2) is 18.2 Å². The van der Waals surface area contributed by atoms with Crippen LogP contribution in [-0.4, -0.2) is 28.9 Å². The van der Waals surface area contributed by atoms with Crippen molar-refractivity contribution in [3.63, 3.8) is 0 Å². The van der Waals surface area contributed by atoms with Crippen LogP contribution in [0.3, 0.4) is 0 Å². The quantitative estimate of drug-likeness (QED) is 0.760. The summed E-state index contributed by atoms with van der Waals surface area (Å²) in [6.45, 7) is 3.98. The molecule has 0 spiro atoms. The van der Waals surface area contributed by atoms with Crippen LogP contribution < -0.4 is 5.32 Å². The van der Waals surface area contributed by atoms with Crippen LogP contribution in [-0.2, 0) is 17.6 Å². The second-order valence-corrected chi connectivity index (χ2v) is 6.18. The van der Waals surface area contributed by atoms with Gasteiger partial charge in [0.05, 0.1) is 12.5 Å². The molecule has 2 atom stereocenters. The number of fused-ring (bicyclic) bond motifs is 1. The van der Waals surface area contributed by atoms with E-state index in [1.54, 1.807) is 0 Å². The number of carbonyl (C=O) groups is 2. The lowest BCUT2D eigenvalue weighted by molar-refractivity contribution is -0.137. The molecule has 0 aliphatic heterocycles. The lowest BCUT2D eigenvalue weighted by atomic mass is 9.88. The molecule has 0 amide bonds. The number of hydrogen-bond acceptors (Lipinski definition) is 3. The SMILES string of the molecule is CCC(C)NC(CC(=O)O)C(=O)c1ccc2c(c1)CCCC2. The maximum atomic E-state index is 12.7. The zero-order valence-electron chi connectivity index (χ0n) is 13.4. The third kappa shape index (κ3) is 4.17. The fourth-order valence-corrected chi connectivity index (χ4v) is 2.95. The van der Waals surface area contributed by atoms with Crippen LogP contribution in [0.2, 0.25) is 0 Å². The Labute approximate surface area is 131 Å². The molecule has 1 aromatic rings. The normalized spacial score (nSPS) is 16.6. The molecule has 0 aromatic heterocycles. The molecule has 2 N–H and O–H groups in total. The number of carbonyl (C=O) groups excluding carboxylic acids is 1. The maximum absolute atomic E-state index is 12.7. The Balaban J connectivity index is 2.19. The summed E-state index contributed by atoms with van der Waals surface area (Å²) in [5.41, 5.74) is 3.20. The summed E-state index contributed by atoms with van der Waals surface area (Å²) in [7, 11) is 0. The summed E-state index contributed by atoms with van der Waals surface area (Å²) in [5.74, 6) is -1.07. The van der Waals surface area contributed by atoms with Gasteiger partial charge in [0.2, 0.25) is 0 Å². The second-order valence-electron chi connectivity index (χ2n) is 6.18. The van der Waals surface area contributed by atoms with Crippen molar-refractivity contribution in [2.75, 3.05) is 0 Å². The van der Waals surface area contributed by atoms with Gasteiger partial charge in [-0.05, 0) is 56.2 Å². The van der Waals surface area contributed by atoms with Gasteiger partial charge in [0.25, 0.3) is 0 Å². The van der Waals surface area contributed by atoms with Crippen molar-refractivity contribution in [2.24, 2.45) is 0 Å². The number of aryl methyl sites for hydroxylation is 2. The van der Waals surface area contributed by atoms with E-state index in [-0.39, 0.29) is 18.2 Å². The van der Waals surface area contributed by atoms with Gasteiger partial charge in [-0.2, -0.15) is 0 Å². The molecule has 2 rings (SSSR count). The molecule has 4 heteroatoms. The van der Waals surface area contributed by atoms with Gasteiger partial charge in [-0.15, -0.1) is 0 Å². The van der Waals surface area contributed by atoms with Gasteiger partial charge in [0.1, 0.15) is 0 Å². The Morgan fingerprint density at radius 2 is 1.91 bits per heavy atom. The van der Waals surface area contributed by atoms with Crippen LogP contribution in [0.25, 0.3) is 0 Å². The Bertz CT molecular complexity index is 553. The molecule has 0 fully saturated rings. The summed E-state index contributed by atoms with van der Waals surface area (Å²) in [5, 5.41) is 12.2. The van der Waals surface area contributed by atoms with Crippen molar-refractivity contribution in [1.29, 1.82) is 0 Å². The molecular formula is C18H25NO3. The van der Waals surface area contributed by atoms with Gasteiger partial charge in [-0.25, -0.2) is 0 Å². The van der Waals surface area contributed by atoms with Crippen LogP contribution in [0.4, 0.5) is 0 Å². The topological polar surface area (TPSA) is 66.4 Å². The van der Waals surface area contributed by atoms with E-state index in [0.717, 1.165) is 25.7 Å². The zero-order valence-corrected chi connectivity index (χ0v) is 13.4. The molecule has 0 radical (unpaired) electrons. The zero-order chi connectivity index (χ0) is 16.1. The van der Waals surface area contributed by atoms with E-state index in [1.807, 2.05) is 32.0 Å². The van der Waals surface area contributed by atoms with Gasteiger partial charge in [0.15, 0.2) is 5.78 Å². The van der Waals surface area contributed by atoms with Crippen LogP contribution >= 0.6 is 0 Å². The van der Waals surface area contributed by atoms with E-state index in [0.29, 0.717) is 5.56 Å². The fourth-order valence-electron chi connectivity index (χ4n) is 2.95. The van der Waals surface area contributed by atoms with Crippen molar-refractivity contribution >= 4 is 11.8 Å². The number of carboxylic acids is 1. The highest BCUT2D eigenvalue weighted by molar-refractivity contribution is 6.02. The molecule has 1 aliphatic rings. The first-order valence-corrected chi connectivity index (χ1v) is 8.15. The number of Topliss-reactive ketones (excluding diaryl/α,β-unsaturated/α-hetero) is 1. The molecule has 0 heterocycles. The minimum absolute atomic E-state index is 0.115. The van der Waals surface area contributed by atoms with Crippen molar-refractivity contribution in [3.05, 3.63) is 34.9 Å². The molecule has 0 bridgehead atoms. The highest BCUT2D eigenvalue weighted by atomic mass is 16.4. The summed E-state index contributed by atoms with van der Waals surface area (Å²) >= 11 is 0. The molecule has 4 nitrogen and oxygen atoms in total. The summed E-state index contributed by atoms with van der Waals surface area (Å²) in [6, 6.07) is 5.30. The number of benzene rings is 1. The molecule has 2 unspecified atom stereocenters. The maximum Gasteiger partial charge on any atom is 0.305 e. The summed E-state index contributed by atoms with van der Waals surface area (Å²) < 4.78 is 0. The first kappa shape index (κ1) is 16.7. The predicted molar refractivity (Wildman–Crippen MR) is 86.3 cm³/mol. The van der Waals surface area contributed by atoms with Gasteiger partial charge < -0.3 is 10.4 Å². The van der Waals surface area contributed by atoms with E-state index in [4.69, 9.17) is 5.11 Å². The lowest BCUT2D eigenvalue weighted by Gasteiger charge is -2.22. The van der Waals surface area contributed by atoms with E-state index in [1.165, 1.54) is 17.5 Å². The highest BCUT2D eigenvalue weighted by Crippen LogP contribution is 2.23. The minimum atomic E-state index is -0.952. The molecule has 0 saturated heterocycles. The number of carboxylic acid groups (broad SMARTS) is 1. The van der Waals surface area contributed by atoms with E-state index >= 15 is 0 Å². The number of rotatable bonds is 7. The average molecular weight is 303 g/mol. The van der Waals surface area contributed by atoms with Crippen molar-refractivity contribution in [3.8, 4) is 0 Å². The average Bonchev–Trinajstić information content (AvgIpc) is 2.52. The second kappa shape index (κ2) is 7.54. The first-order valence-electron chi connectivity index (χ1n) is 8.15. The van der Waals surface area contributed by atoms with Gasteiger partial charge in [0, 0.05) is 11.6 Å². The Kier molecular flexibility index (Phi) is 5.72. The molecule has 1 aromatic carbocycles. The highest BCUT2D eigenvalue weighted by Gasteiger charge is 2.25. The molecular weight excluding hydrogens is 278 g/mol. The lowest BCUT2D eigenvalue weighted by Crippen LogP contribution is -2.43. The van der Waals surface area contributed by atoms with E-state index < -0.39 is 12.0 Å². The Morgan fingerprint density at radius 1 is 1.23 bits per heavy atom. The third-order valence-electron chi connectivity index (χ3n) is 4.43. The van der Waals surface area contributed by atoms with Crippen molar-refractivity contribution in [2.45, 2.75) is 64.5 Å². The van der Waals surface area contributed by atoms with Crippen LogP contribution in [0.5, 0.6) is 0 Å². The fraction of sp³-hybridized carbons (Fsp3) is 0.556. The number of hydrogen-bond donors (Lipinski definition) is 2. The van der Waals surface area contributed by atoms with Crippen molar-refractivity contribution < 1.29 is 14.7 Å². The predicted octanol–water partition coefficient (Wildman–Crippen LogP) is 2.98. The first-order chi connectivity index (χ1) is 10.5. The number of nitrogens with one attached hydrogen (secondary N) is 1. The van der Waals surface area contributed by atoms with E-state index in [9.17, 15) is 9.59 Å². The standard InChI is InChI=1S/C18H25NO3/c1-3-12(2)19-16(11-17(20)21)18(22)15-9-8-13-6-4-5-7-14(13)10-15/h8-10,12,16,19H,3-7,11H2,1-2H3,(H,20,21). The Hall–Kier alpha value is -1.68. The molecule has 120 valence electrons. The Morgan fingerprint density at radius 3 is 2.55 bits per heavy atom. The van der Waals surface area contributed by atoms with Gasteiger partial charge in [-0.1, -0.05) is 19.1 Å². The summed E-state index contributed by atoms with van der Waals surface area (Å²) in [4.78, 5) is 23.7. The van der Waals surface area contributed by atoms with Crippen molar-refractivity contribution in [1.82, 2.24) is 5.32 Å². The smallest absolute Gasteiger partial charge is 0.305 e. The van der Waals surface area contributed by atoms with Crippen LogP contribution in [0, 0.1) is 0 Å². The van der Waals surface area contributed by atoms with Gasteiger partial charge in [-0.3, -0.25) is 9.59 Å². The van der Waals surface area contributed by atoms with E-state index in [2.05, 4.69) is 5.32 Å². The van der Waals surface area contributed by atoms with Gasteiger partial charge >= 0.3 is 5.97 Å². The largest absolute Gasteiger partial charge is 0.481 e. The minimum Gasteiger partial charge on any atom is -0.481 e. The molecule has 1 aliphatic carbocycles.